The van der Waals surface area contributed by atoms with Gasteiger partial charge < -0.3 is 24.7 Å². The van der Waals surface area contributed by atoms with Crippen molar-refractivity contribution in [1.29, 1.82) is 0 Å². The van der Waals surface area contributed by atoms with Gasteiger partial charge in [0.25, 0.3) is 0 Å². The Labute approximate surface area is 322 Å². The summed E-state index contributed by atoms with van der Waals surface area (Å²) in [4.78, 5) is 59.4. The van der Waals surface area contributed by atoms with Crippen molar-refractivity contribution in [2.45, 2.75) is 70.7 Å². The number of alkyl carbamates (subject to hydrolysis) is 1. The Kier molecular flexibility index (Phi) is 14.6. The number of hydroxylamine groups is 1. The fraction of sp³-hybridized carbons (Fsp3) is 0.341. The molecule has 3 amide bonds. The van der Waals surface area contributed by atoms with Gasteiger partial charge in [0.1, 0.15) is 29.9 Å². The van der Waals surface area contributed by atoms with Gasteiger partial charge in [0.15, 0.2) is 5.78 Å². The Hall–Kier alpha value is -5.44. The number of benzene rings is 3. The third-order valence-corrected chi connectivity index (χ3v) is 9.49. The molecule has 55 heavy (non-hydrogen) atoms. The molecule has 0 bridgehead atoms. The maximum atomic E-state index is 14.0. The van der Waals surface area contributed by atoms with E-state index in [1.54, 1.807) is 42.7 Å². The molecular formula is C41H47N5O8S. The Bertz CT molecular complexity index is 2090. The molecule has 0 saturated carbocycles. The second-order valence-corrected chi connectivity index (χ2v) is 15.2. The molecule has 0 aliphatic heterocycles. The van der Waals surface area contributed by atoms with Crippen LogP contribution in [0, 0.1) is 11.8 Å². The molecule has 0 radical (unpaired) electrons. The van der Waals surface area contributed by atoms with Gasteiger partial charge in [-0.2, -0.15) is 9.76 Å². The van der Waals surface area contributed by atoms with Crippen LogP contribution in [-0.4, -0.2) is 63.0 Å². The molecule has 0 aliphatic rings. The number of pyridine rings is 1. The number of ketones is 1. The van der Waals surface area contributed by atoms with Crippen LogP contribution >= 0.6 is 0 Å². The Morgan fingerprint density at radius 1 is 0.800 bits per heavy atom. The van der Waals surface area contributed by atoms with Gasteiger partial charge in [-0.15, -0.1) is 0 Å². The first-order valence-corrected chi connectivity index (χ1v) is 19.2. The second kappa shape index (κ2) is 19.8. The zero-order valence-corrected chi connectivity index (χ0v) is 32.2. The number of nitrogens with one attached hydrogen (secondary N) is 3. The van der Waals surface area contributed by atoms with E-state index in [2.05, 4.69) is 21.1 Å². The van der Waals surface area contributed by atoms with Crippen LogP contribution in [0.1, 0.15) is 51.7 Å². The van der Waals surface area contributed by atoms with E-state index in [0.717, 1.165) is 21.9 Å². The maximum Gasteiger partial charge on any atom is 0.408 e. The highest BCUT2D eigenvalue weighted by Gasteiger charge is 2.30. The molecule has 14 heteroatoms. The van der Waals surface area contributed by atoms with Crippen molar-refractivity contribution < 1.29 is 36.8 Å². The number of nitrogens with zero attached hydrogens (tertiary/aromatic N) is 2. The normalized spacial score (nSPS) is 13.1. The van der Waals surface area contributed by atoms with Crippen LogP contribution in [0.25, 0.3) is 21.9 Å². The molecule has 3 N–H and O–H groups in total. The number of Topliss-reactive ketones (excluding diaryl/α,β-unsaturated/α-hetero) is 1. The Balaban J connectivity index is 1.21. The number of aromatic nitrogens is 1. The van der Waals surface area contributed by atoms with Crippen molar-refractivity contribution in [3.05, 3.63) is 108 Å². The minimum atomic E-state index is -1.98. The van der Waals surface area contributed by atoms with Crippen LogP contribution in [0.5, 0.6) is 0 Å². The lowest BCUT2D eigenvalue weighted by Gasteiger charge is -2.28. The van der Waals surface area contributed by atoms with E-state index >= 15 is 0 Å². The molecule has 2 aromatic heterocycles. The van der Waals surface area contributed by atoms with Crippen molar-refractivity contribution in [2.75, 3.05) is 13.1 Å². The minimum absolute atomic E-state index is 0.0245. The summed E-state index contributed by atoms with van der Waals surface area (Å²) < 4.78 is 29.9. The molecule has 13 nitrogen and oxygen atoms in total. The molecule has 0 saturated heterocycles. The summed E-state index contributed by atoms with van der Waals surface area (Å²) in [6.07, 6.45) is 3.03. The summed E-state index contributed by atoms with van der Waals surface area (Å²) in [5.74, 6) is -1.39. The average molecular weight is 770 g/mol. The van der Waals surface area contributed by atoms with Gasteiger partial charge in [-0.25, -0.2) is 9.00 Å². The van der Waals surface area contributed by atoms with Crippen molar-refractivity contribution in [2.24, 2.45) is 11.8 Å². The van der Waals surface area contributed by atoms with Crippen molar-refractivity contribution >= 4 is 56.7 Å². The lowest BCUT2D eigenvalue weighted by atomic mass is 10.0. The van der Waals surface area contributed by atoms with E-state index < -0.39 is 46.9 Å². The first kappa shape index (κ1) is 40.7. The van der Waals surface area contributed by atoms with Crippen molar-refractivity contribution in [3.63, 3.8) is 0 Å². The van der Waals surface area contributed by atoms with Crippen LogP contribution in [-0.2, 0) is 47.6 Å². The molecule has 3 aromatic carbocycles. The van der Waals surface area contributed by atoms with Crippen LogP contribution in [0.15, 0.2) is 107 Å². The lowest BCUT2D eigenvalue weighted by molar-refractivity contribution is -0.138. The highest BCUT2D eigenvalue weighted by Crippen LogP contribution is 2.30. The molecule has 3 atom stereocenters. The van der Waals surface area contributed by atoms with Gasteiger partial charge >= 0.3 is 6.09 Å². The number of amides is 3. The number of carbonyl (C=O) groups excluding carboxylic acids is 4. The first-order valence-electron chi connectivity index (χ1n) is 18.2. The van der Waals surface area contributed by atoms with Crippen molar-refractivity contribution in [1.82, 2.24) is 26.0 Å². The van der Waals surface area contributed by atoms with Crippen LogP contribution < -0.4 is 16.1 Å². The van der Waals surface area contributed by atoms with E-state index in [0.29, 0.717) is 28.9 Å². The highest BCUT2D eigenvalue weighted by molar-refractivity contribution is 7.80. The summed E-state index contributed by atoms with van der Waals surface area (Å²) in [5.41, 5.74) is 5.52. The van der Waals surface area contributed by atoms with Crippen molar-refractivity contribution in [3.8, 4) is 0 Å². The van der Waals surface area contributed by atoms with E-state index in [9.17, 15) is 23.4 Å². The van der Waals surface area contributed by atoms with Crippen LogP contribution in [0.4, 0.5) is 4.79 Å². The van der Waals surface area contributed by atoms with Crippen LogP contribution in [0.3, 0.4) is 0 Å². The van der Waals surface area contributed by atoms with Crippen LogP contribution in [0.2, 0.25) is 0 Å². The average Bonchev–Trinajstić information content (AvgIpc) is 3.55. The van der Waals surface area contributed by atoms with Gasteiger partial charge in [-0.1, -0.05) is 76.2 Å². The summed E-state index contributed by atoms with van der Waals surface area (Å²) >= 11 is -1.98. The maximum absolute atomic E-state index is 14.0. The third-order valence-electron chi connectivity index (χ3n) is 8.60. The number of fused-ring (bicyclic) bond motifs is 3. The molecule has 5 rings (SSSR count). The standard InChI is InChI=1S/C41H47N5O8S/c1-27(2)20-35(45-54-55(51)32-14-15-38-34(22-32)33-12-8-9-13-37(33)53-38)39(48)43-23-31(47)25-46(24-29-16-18-42-19-17-29)40(49)36(21-28(3)4)44-41(50)52-26-30-10-6-5-7-11-30/h5-19,22,27-28,35-36,45H,20-21,23-26H2,1-4H3,(H,43,48)(H,44,50)/t35-,36-,55?/m0/s1. The summed E-state index contributed by atoms with van der Waals surface area (Å²) in [5, 5.41) is 7.00. The van der Waals surface area contributed by atoms with Gasteiger partial charge in [0.2, 0.25) is 22.9 Å². The number of para-hydroxylation sites is 1. The fourth-order valence-corrected chi connectivity index (χ4v) is 6.65. The minimum Gasteiger partial charge on any atom is -0.456 e. The number of hydrogen-bond acceptors (Lipinski definition) is 10. The summed E-state index contributed by atoms with van der Waals surface area (Å²) in [6.45, 7) is 7.05. The predicted octanol–water partition coefficient (Wildman–Crippen LogP) is 5.99. The number of furan rings is 1. The predicted molar refractivity (Wildman–Crippen MR) is 208 cm³/mol. The number of ether oxygens (including phenoxy) is 1. The molecule has 1 unspecified atom stereocenters. The quantitative estimate of drug-likeness (QED) is 0.0848. The topological polar surface area (TPSA) is 169 Å². The molecule has 0 fully saturated rings. The van der Waals surface area contributed by atoms with E-state index in [1.165, 1.54) is 4.90 Å². The number of carbonyl (C=O) groups is 4. The van der Waals surface area contributed by atoms with E-state index in [4.69, 9.17) is 13.4 Å². The number of rotatable bonds is 19. The Morgan fingerprint density at radius 3 is 2.20 bits per heavy atom. The monoisotopic (exact) mass is 769 g/mol. The van der Waals surface area contributed by atoms with Gasteiger partial charge in [-0.05, 0) is 72.2 Å². The van der Waals surface area contributed by atoms with E-state index in [1.807, 2.05) is 82.3 Å². The highest BCUT2D eigenvalue weighted by atomic mass is 32.2. The van der Waals surface area contributed by atoms with Gasteiger partial charge in [0.05, 0.1) is 18.0 Å². The molecule has 290 valence electrons. The SMILES string of the molecule is CC(C)C[C@H](NOS(=O)c1ccc2oc3ccccc3c2c1)C(=O)NCC(=O)CN(Cc1ccncc1)C(=O)[C@H](CC(C)C)NC(=O)OCc1ccccc1. The van der Waals surface area contributed by atoms with E-state index in [-0.39, 0.29) is 38.1 Å². The zero-order valence-electron chi connectivity index (χ0n) is 31.4. The Morgan fingerprint density at radius 2 is 1.47 bits per heavy atom. The zero-order chi connectivity index (χ0) is 39.3. The molecule has 0 spiro atoms. The second-order valence-electron chi connectivity index (χ2n) is 14.1. The number of hydrogen-bond donors (Lipinski definition) is 3. The fourth-order valence-electron chi connectivity index (χ4n) is 5.96. The third kappa shape index (κ3) is 12.0. The van der Waals surface area contributed by atoms with Gasteiger partial charge in [0, 0.05) is 29.7 Å². The van der Waals surface area contributed by atoms with Gasteiger partial charge in [-0.3, -0.25) is 19.4 Å². The molecule has 2 heterocycles. The lowest BCUT2D eigenvalue weighted by Crippen LogP contribution is -2.51. The summed E-state index contributed by atoms with van der Waals surface area (Å²) in [7, 11) is 0. The molecule has 5 aromatic rings. The molecule has 0 aliphatic carbocycles. The first-order chi connectivity index (χ1) is 26.5. The molecular weight excluding hydrogens is 723 g/mol. The summed E-state index contributed by atoms with van der Waals surface area (Å²) in [6, 6.07) is 23.3. The largest absolute Gasteiger partial charge is 0.456 e. The smallest absolute Gasteiger partial charge is 0.408 e.